The number of ether oxygens (including phenoxy) is 5. The first-order chi connectivity index (χ1) is 25.1. The minimum atomic E-state index is -0.213. The van der Waals surface area contributed by atoms with Crippen molar-refractivity contribution in [1.29, 1.82) is 0 Å². The zero-order chi connectivity index (χ0) is 35.1. The van der Waals surface area contributed by atoms with Crippen LogP contribution < -0.4 is 23.7 Å². The first-order valence-electron chi connectivity index (χ1n) is 17.0. The molecule has 6 nitrogen and oxygen atoms in total. The molecule has 6 rings (SSSR count). The lowest BCUT2D eigenvalue weighted by molar-refractivity contribution is 0.104. The second-order valence-corrected chi connectivity index (χ2v) is 11.7. The van der Waals surface area contributed by atoms with E-state index in [1.165, 1.54) is 6.08 Å². The van der Waals surface area contributed by atoms with Gasteiger partial charge in [0.05, 0.1) is 12.2 Å². The Hall–Kier alpha value is -6.27. The predicted molar refractivity (Wildman–Crippen MR) is 201 cm³/mol. The van der Waals surface area contributed by atoms with Gasteiger partial charge >= 0.3 is 0 Å². The average Bonchev–Trinajstić information content (AvgIpc) is 3.19. The smallest absolute Gasteiger partial charge is 0.185 e. The Balaban J connectivity index is 1.32. The van der Waals surface area contributed by atoms with E-state index in [-0.39, 0.29) is 5.78 Å². The molecule has 51 heavy (non-hydrogen) atoms. The average molecular weight is 677 g/mol. The zero-order valence-electron chi connectivity index (χ0n) is 28.6. The van der Waals surface area contributed by atoms with Crippen molar-refractivity contribution in [3.8, 4) is 28.7 Å². The maximum absolute atomic E-state index is 13.7. The van der Waals surface area contributed by atoms with Crippen molar-refractivity contribution in [3.63, 3.8) is 0 Å². The van der Waals surface area contributed by atoms with Crippen LogP contribution in [0, 0.1) is 0 Å². The molecular formula is C45H40O6. The van der Waals surface area contributed by atoms with E-state index in [1.807, 2.05) is 140 Å². The summed E-state index contributed by atoms with van der Waals surface area (Å²) in [5, 5.41) is 0. The summed E-state index contributed by atoms with van der Waals surface area (Å²) in [5.41, 5.74) is 5.13. The summed E-state index contributed by atoms with van der Waals surface area (Å²) in [6.45, 7) is 3.73. The van der Waals surface area contributed by atoms with Gasteiger partial charge in [0, 0.05) is 17.7 Å². The molecule has 6 heteroatoms. The highest BCUT2D eigenvalue weighted by Gasteiger charge is 2.16. The molecule has 0 radical (unpaired) electrons. The van der Waals surface area contributed by atoms with Gasteiger partial charge in [-0.05, 0) is 59.5 Å². The van der Waals surface area contributed by atoms with E-state index in [0.29, 0.717) is 72.9 Å². The van der Waals surface area contributed by atoms with Gasteiger partial charge in [0.15, 0.2) is 17.3 Å². The molecule has 0 unspecified atom stereocenters. The number of ketones is 1. The Bertz CT molecular complexity index is 1940. The van der Waals surface area contributed by atoms with Gasteiger partial charge in [0.1, 0.15) is 43.7 Å². The minimum Gasteiger partial charge on any atom is -0.490 e. The Kier molecular flexibility index (Phi) is 12.2. The topological polar surface area (TPSA) is 63.2 Å². The fourth-order valence-corrected chi connectivity index (χ4v) is 5.31. The van der Waals surface area contributed by atoms with Crippen LogP contribution in [0.25, 0.3) is 6.08 Å². The summed E-state index contributed by atoms with van der Waals surface area (Å²) in [6.07, 6.45) is 3.27. The maximum Gasteiger partial charge on any atom is 0.185 e. The molecule has 0 aliphatic rings. The van der Waals surface area contributed by atoms with Gasteiger partial charge < -0.3 is 23.7 Å². The number of carbonyl (C=O) groups is 1. The fourth-order valence-electron chi connectivity index (χ4n) is 5.31. The van der Waals surface area contributed by atoms with Gasteiger partial charge in [-0.1, -0.05) is 121 Å². The van der Waals surface area contributed by atoms with Crippen molar-refractivity contribution in [2.75, 3.05) is 6.61 Å². The molecule has 0 spiro atoms. The molecule has 0 aromatic heterocycles. The van der Waals surface area contributed by atoms with Crippen molar-refractivity contribution in [2.24, 2.45) is 0 Å². The zero-order valence-corrected chi connectivity index (χ0v) is 28.6. The first kappa shape index (κ1) is 34.6. The molecule has 0 amide bonds. The Morgan fingerprint density at radius 3 is 1.35 bits per heavy atom. The molecule has 0 atom stereocenters. The van der Waals surface area contributed by atoms with E-state index in [2.05, 4.69) is 0 Å². The second kappa shape index (κ2) is 17.9. The lowest BCUT2D eigenvalue weighted by Crippen LogP contribution is -2.04. The Morgan fingerprint density at radius 2 is 0.902 bits per heavy atom. The van der Waals surface area contributed by atoms with E-state index >= 15 is 0 Å². The van der Waals surface area contributed by atoms with Crippen LogP contribution in [0.4, 0.5) is 0 Å². The fraction of sp³-hybridized carbons (Fsp3) is 0.133. The molecular weight excluding hydrogens is 636 g/mol. The monoisotopic (exact) mass is 676 g/mol. The first-order valence-corrected chi connectivity index (χ1v) is 17.0. The summed E-state index contributed by atoms with van der Waals surface area (Å²) in [5.74, 6) is 2.49. The van der Waals surface area contributed by atoms with E-state index in [1.54, 1.807) is 24.3 Å². The van der Waals surface area contributed by atoms with Crippen molar-refractivity contribution in [3.05, 3.63) is 191 Å². The summed E-state index contributed by atoms with van der Waals surface area (Å²) in [6, 6.07) is 48.6. The van der Waals surface area contributed by atoms with Crippen molar-refractivity contribution < 1.29 is 28.5 Å². The largest absolute Gasteiger partial charge is 0.490 e. The highest BCUT2D eigenvalue weighted by atomic mass is 16.5. The van der Waals surface area contributed by atoms with Crippen molar-refractivity contribution in [1.82, 2.24) is 0 Å². The SMILES string of the molecule is CCOc1ccc(C(=O)C=Cc2c(OCc3ccccc3)cc(OCc3ccccc3)cc2OCc2ccccc2)cc1OCc1ccccc1. The maximum atomic E-state index is 13.7. The molecule has 0 aliphatic heterocycles. The van der Waals surface area contributed by atoms with Crippen LogP contribution in [-0.4, -0.2) is 12.4 Å². The highest BCUT2D eigenvalue weighted by Crippen LogP contribution is 2.37. The third-order valence-electron chi connectivity index (χ3n) is 7.97. The van der Waals surface area contributed by atoms with Crippen LogP contribution in [-0.2, 0) is 26.4 Å². The minimum absolute atomic E-state index is 0.213. The van der Waals surface area contributed by atoms with E-state index in [9.17, 15) is 4.79 Å². The lowest BCUT2D eigenvalue weighted by atomic mass is 10.1. The Morgan fingerprint density at radius 1 is 0.471 bits per heavy atom. The number of hydrogen-bond donors (Lipinski definition) is 0. The van der Waals surface area contributed by atoms with Crippen LogP contribution in [0.2, 0.25) is 0 Å². The van der Waals surface area contributed by atoms with E-state index < -0.39 is 0 Å². The Labute approximate surface area is 299 Å². The van der Waals surface area contributed by atoms with Crippen LogP contribution in [0.15, 0.2) is 158 Å². The van der Waals surface area contributed by atoms with Crippen molar-refractivity contribution >= 4 is 11.9 Å². The molecule has 0 bridgehead atoms. The number of rotatable bonds is 17. The summed E-state index contributed by atoms with van der Waals surface area (Å²) < 4.78 is 31.0. The number of allylic oxidation sites excluding steroid dienone is 1. The third-order valence-corrected chi connectivity index (χ3v) is 7.97. The molecule has 0 N–H and O–H groups in total. The number of benzene rings is 6. The molecule has 0 aliphatic carbocycles. The van der Waals surface area contributed by atoms with Crippen LogP contribution in [0.1, 0.15) is 45.1 Å². The van der Waals surface area contributed by atoms with Gasteiger partial charge in [0.2, 0.25) is 0 Å². The van der Waals surface area contributed by atoms with Crippen LogP contribution in [0.5, 0.6) is 28.7 Å². The van der Waals surface area contributed by atoms with E-state index in [0.717, 1.165) is 22.3 Å². The quantitative estimate of drug-likeness (QED) is 0.0708. The molecule has 6 aromatic carbocycles. The van der Waals surface area contributed by atoms with Crippen LogP contribution in [0.3, 0.4) is 0 Å². The molecule has 0 fully saturated rings. The van der Waals surface area contributed by atoms with Gasteiger partial charge in [-0.15, -0.1) is 0 Å². The van der Waals surface area contributed by atoms with Gasteiger partial charge in [-0.3, -0.25) is 4.79 Å². The molecule has 0 saturated carbocycles. The third kappa shape index (κ3) is 10.1. The highest BCUT2D eigenvalue weighted by molar-refractivity contribution is 6.07. The molecule has 0 saturated heterocycles. The van der Waals surface area contributed by atoms with Gasteiger partial charge in [-0.25, -0.2) is 0 Å². The second-order valence-electron chi connectivity index (χ2n) is 11.7. The van der Waals surface area contributed by atoms with Gasteiger partial charge in [-0.2, -0.15) is 0 Å². The summed E-state index contributed by atoms with van der Waals surface area (Å²) >= 11 is 0. The van der Waals surface area contributed by atoms with Crippen LogP contribution >= 0.6 is 0 Å². The van der Waals surface area contributed by atoms with E-state index in [4.69, 9.17) is 23.7 Å². The number of hydrogen-bond acceptors (Lipinski definition) is 6. The summed E-state index contributed by atoms with van der Waals surface area (Å²) in [7, 11) is 0. The normalized spacial score (nSPS) is 10.8. The molecule has 0 heterocycles. The molecule has 6 aromatic rings. The number of carbonyl (C=O) groups excluding carboxylic acids is 1. The standard InChI is InChI=1S/C45H40O6/c1-2-47-42-26-23-38(27-45(42)51-33-37-21-13-6-14-22-37)41(46)25-24-40-43(49-31-35-17-9-4-10-18-35)28-39(48-30-34-15-7-3-8-16-34)29-44(40)50-32-36-19-11-5-12-20-36/h3-29H,2,30-33H2,1H3. The van der Waals surface area contributed by atoms with Gasteiger partial charge in [0.25, 0.3) is 0 Å². The molecule has 256 valence electrons. The van der Waals surface area contributed by atoms with Crippen molar-refractivity contribution in [2.45, 2.75) is 33.4 Å². The summed E-state index contributed by atoms with van der Waals surface area (Å²) in [4.78, 5) is 13.7. The lowest BCUT2D eigenvalue weighted by Gasteiger charge is -2.17. The predicted octanol–water partition coefficient (Wildman–Crippen LogP) is 10.3.